The third-order valence-corrected chi connectivity index (χ3v) is 4.41. The lowest BCUT2D eigenvalue weighted by molar-refractivity contribution is 0.119. The van der Waals surface area contributed by atoms with E-state index in [4.69, 9.17) is 5.73 Å². The molecule has 3 heteroatoms. The zero-order valence-electron chi connectivity index (χ0n) is 11.8. The Bertz CT molecular complexity index is 191. The second-order valence-corrected chi connectivity index (χ2v) is 6.69. The molecule has 2 nitrogen and oxygen atoms in total. The van der Waals surface area contributed by atoms with Crippen molar-refractivity contribution in [3.05, 3.63) is 0 Å². The summed E-state index contributed by atoms with van der Waals surface area (Å²) in [6, 6.07) is 1.42. The summed E-state index contributed by atoms with van der Waals surface area (Å²) in [6.07, 6.45) is 9.06. The van der Waals surface area contributed by atoms with E-state index in [-0.39, 0.29) is 0 Å². The van der Waals surface area contributed by atoms with E-state index < -0.39 is 0 Å². The number of nitrogens with zero attached hydrogens (tertiary/aromatic N) is 1. The van der Waals surface area contributed by atoms with Crippen molar-refractivity contribution < 1.29 is 0 Å². The van der Waals surface area contributed by atoms with Crippen LogP contribution in [0, 0.1) is 5.92 Å². The first-order valence-corrected chi connectivity index (χ1v) is 8.53. The topological polar surface area (TPSA) is 29.3 Å². The van der Waals surface area contributed by atoms with Crippen LogP contribution in [0.3, 0.4) is 0 Å². The van der Waals surface area contributed by atoms with Gasteiger partial charge in [-0.25, -0.2) is 0 Å². The van der Waals surface area contributed by atoms with Gasteiger partial charge in [-0.05, 0) is 37.2 Å². The molecule has 17 heavy (non-hydrogen) atoms. The van der Waals surface area contributed by atoms with Crippen LogP contribution in [0.4, 0.5) is 0 Å². The van der Waals surface area contributed by atoms with Crippen molar-refractivity contribution >= 4 is 11.8 Å². The van der Waals surface area contributed by atoms with Crippen molar-refractivity contribution in [1.82, 2.24) is 4.90 Å². The van der Waals surface area contributed by atoms with Crippen LogP contribution in [0.25, 0.3) is 0 Å². The molecule has 0 radical (unpaired) electrons. The van der Waals surface area contributed by atoms with Gasteiger partial charge in [0, 0.05) is 25.2 Å². The Morgan fingerprint density at radius 2 is 1.94 bits per heavy atom. The maximum absolute atomic E-state index is 6.01. The van der Waals surface area contributed by atoms with Crippen LogP contribution in [0.2, 0.25) is 0 Å². The zero-order valence-corrected chi connectivity index (χ0v) is 12.6. The molecule has 1 aliphatic carbocycles. The molecule has 0 aromatic heterocycles. The van der Waals surface area contributed by atoms with Crippen LogP contribution < -0.4 is 5.73 Å². The monoisotopic (exact) mass is 258 g/mol. The predicted molar refractivity (Wildman–Crippen MR) is 79.6 cm³/mol. The largest absolute Gasteiger partial charge is 0.329 e. The summed E-state index contributed by atoms with van der Waals surface area (Å²) in [5, 5.41) is 0. The van der Waals surface area contributed by atoms with Gasteiger partial charge in [-0.1, -0.05) is 26.7 Å². The van der Waals surface area contributed by atoms with Crippen LogP contribution in [0.5, 0.6) is 0 Å². The van der Waals surface area contributed by atoms with E-state index >= 15 is 0 Å². The van der Waals surface area contributed by atoms with Crippen molar-refractivity contribution in [2.45, 2.75) is 58.0 Å². The van der Waals surface area contributed by atoms with E-state index in [1.807, 2.05) is 11.8 Å². The summed E-state index contributed by atoms with van der Waals surface area (Å²) in [5.41, 5.74) is 6.01. The first kappa shape index (κ1) is 15.3. The van der Waals surface area contributed by atoms with Gasteiger partial charge >= 0.3 is 0 Å². The van der Waals surface area contributed by atoms with Crippen LogP contribution in [0.1, 0.15) is 46.0 Å². The third-order valence-electron chi connectivity index (χ3n) is 3.77. The molecular formula is C14H30N2S. The Morgan fingerprint density at radius 1 is 1.29 bits per heavy atom. The summed E-state index contributed by atoms with van der Waals surface area (Å²) in [5.74, 6) is 1.99. The van der Waals surface area contributed by atoms with E-state index in [0.29, 0.717) is 6.04 Å². The van der Waals surface area contributed by atoms with E-state index in [2.05, 4.69) is 25.0 Å². The average Bonchev–Trinajstić information content (AvgIpc) is 2.81. The third kappa shape index (κ3) is 5.19. The number of hydrogen-bond acceptors (Lipinski definition) is 3. The fourth-order valence-corrected chi connectivity index (χ4v) is 3.43. The van der Waals surface area contributed by atoms with Gasteiger partial charge in [0.2, 0.25) is 0 Å². The SMILES string of the molecule is CSCCC(CN)N(CC(C)C)C1CCCC1. The molecule has 2 N–H and O–H groups in total. The Morgan fingerprint density at radius 3 is 2.41 bits per heavy atom. The quantitative estimate of drug-likeness (QED) is 0.726. The predicted octanol–water partition coefficient (Wildman–Crippen LogP) is 2.97. The molecule has 1 fully saturated rings. The minimum Gasteiger partial charge on any atom is -0.329 e. The second kappa shape index (κ2) is 8.39. The number of nitrogens with two attached hydrogens (primary N) is 1. The van der Waals surface area contributed by atoms with Crippen molar-refractivity contribution in [1.29, 1.82) is 0 Å². The molecule has 0 aromatic carbocycles. The van der Waals surface area contributed by atoms with E-state index in [0.717, 1.165) is 18.5 Å². The fraction of sp³-hybridized carbons (Fsp3) is 1.00. The van der Waals surface area contributed by atoms with Gasteiger partial charge in [-0.2, -0.15) is 11.8 Å². The maximum atomic E-state index is 6.01. The molecule has 1 atom stereocenters. The molecule has 0 saturated heterocycles. The summed E-state index contributed by atoms with van der Waals surface area (Å²) in [7, 11) is 0. The minimum absolute atomic E-state index is 0.605. The Balaban J connectivity index is 2.57. The summed E-state index contributed by atoms with van der Waals surface area (Å²) in [6.45, 7) is 6.69. The van der Waals surface area contributed by atoms with Crippen LogP contribution in [0.15, 0.2) is 0 Å². The lowest BCUT2D eigenvalue weighted by Crippen LogP contribution is -2.47. The fourth-order valence-electron chi connectivity index (χ4n) is 2.93. The van der Waals surface area contributed by atoms with Crippen molar-refractivity contribution in [3.63, 3.8) is 0 Å². The molecule has 0 amide bonds. The Kier molecular flexibility index (Phi) is 7.56. The van der Waals surface area contributed by atoms with Gasteiger partial charge in [0.15, 0.2) is 0 Å². The van der Waals surface area contributed by atoms with Crippen LogP contribution in [-0.2, 0) is 0 Å². The van der Waals surface area contributed by atoms with Crippen molar-refractivity contribution in [2.24, 2.45) is 11.7 Å². The molecule has 1 aliphatic rings. The smallest absolute Gasteiger partial charge is 0.0229 e. The standard InChI is InChI=1S/C14H30N2S/c1-12(2)11-16(13-6-4-5-7-13)14(10-15)8-9-17-3/h12-14H,4-11,15H2,1-3H3. The molecule has 1 saturated carbocycles. The van der Waals surface area contributed by atoms with E-state index in [1.54, 1.807) is 0 Å². The maximum Gasteiger partial charge on any atom is 0.0229 e. The van der Waals surface area contributed by atoms with Gasteiger partial charge in [-0.3, -0.25) is 4.90 Å². The zero-order chi connectivity index (χ0) is 12.7. The highest BCUT2D eigenvalue weighted by Crippen LogP contribution is 2.27. The lowest BCUT2D eigenvalue weighted by atomic mass is 10.1. The Labute approximate surface area is 112 Å². The Hall–Kier alpha value is 0.270. The first-order chi connectivity index (χ1) is 8.19. The minimum atomic E-state index is 0.605. The van der Waals surface area contributed by atoms with Gasteiger partial charge < -0.3 is 5.73 Å². The van der Waals surface area contributed by atoms with E-state index in [1.165, 1.54) is 44.4 Å². The van der Waals surface area contributed by atoms with Crippen LogP contribution in [-0.4, -0.2) is 42.1 Å². The first-order valence-electron chi connectivity index (χ1n) is 7.13. The summed E-state index contributed by atoms with van der Waals surface area (Å²) in [4.78, 5) is 2.73. The average molecular weight is 258 g/mol. The molecule has 0 bridgehead atoms. The number of hydrogen-bond donors (Lipinski definition) is 1. The molecule has 0 aromatic rings. The molecule has 0 spiro atoms. The molecule has 1 unspecified atom stereocenters. The molecular weight excluding hydrogens is 228 g/mol. The van der Waals surface area contributed by atoms with Crippen molar-refractivity contribution in [3.8, 4) is 0 Å². The molecule has 0 heterocycles. The van der Waals surface area contributed by atoms with Crippen molar-refractivity contribution in [2.75, 3.05) is 25.1 Å². The summed E-state index contributed by atoms with van der Waals surface area (Å²) >= 11 is 1.94. The number of rotatable bonds is 8. The van der Waals surface area contributed by atoms with E-state index in [9.17, 15) is 0 Å². The second-order valence-electron chi connectivity index (χ2n) is 5.70. The highest BCUT2D eigenvalue weighted by molar-refractivity contribution is 7.98. The lowest BCUT2D eigenvalue weighted by Gasteiger charge is -2.37. The molecule has 1 rings (SSSR count). The van der Waals surface area contributed by atoms with Gasteiger partial charge in [0.05, 0.1) is 0 Å². The van der Waals surface area contributed by atoms with Gasteiger partial charge in [0.25, 0.3) is 0 Å². The molecule has 0 aliphatic heterocycles. The van der Waals surface area contributed by atoms with Gasteiger partial charge in [0.1, 0.15) is 0 Å². The number of thioether (sulfide) groups is 1. The normalized spacial score (nSPS) is 19.4. The molecule has 102 valence electrons. The highest BCUT2D eigenvalue weighted by Gasteiger charge is 2.28. The highest BCUT2D eigenvalue weighted by atomic mass is 32.2. The van der Waals surface area contributed by atoms with Crippen LogP contribution >= 0.6 is 11.8 Å². The summed E-state index contributed by atoms with van der Waals surface area (Å²) < 4.78 is 0. The van der Waals surface area contributed by atoms with Gasteiger partial charge in [-0.15, -0.1) is 0 Å².